The summed E-state index contributed by atoms with van der Waals surface area (Å²) in [6.07, 6.45) is 2.80. The number of nitrogens with two attached hydrogens (primary N) is 1. The van der Waals surface area contributed by atoms with E-state index in [1.807, 2.05) is 31.4 Å². The van der Waals surface area contributed by atoms with Crippen molar-refractivity contribution in [3.8, 4) is 0 Å². The van der Waals surface area contributed by atoms with Crippen LogP contribution in [0.1, 0.15) is 12.7 Å². The summed E-state index contributed by atoms with van der Waals surface area (Å²) >= 11 is 1.69. The maximum atomic E-state index is 5.42. The normalized spacial score (nSPS) is 10.3. The molecule has 4 N–H and O–H groups in total. The predicted molar refractivity (Wildman–Crippen MR) is 80.7 cm³/mol. The molecule has 0 radical (unpaired) electrons. The fourth-order valence-electron chi connectivity index (χ4n) is 1.68. The van der Waals surface area contributed by atoms with Crippen molar-refractivity contribution in [3.63, 3.8) is 0 Å². The Labute approximate surface area is 117 Å². The first-order valence-electron chi connectivity index (χ1n) is 6.01. The molecule has 0 aliphatic carbocycles. The van der Waals surface area contributed by atoms with Gasteiger partial charge in [0.25, 0.3) is 0 Å². The number of anilines is 3. The van der Waals surface area contributed by atoms with Crippen molar-refractivity contribution in [1.29, 1.82) is 0 Å². The highest BCUT2D eigenvalue weighted by Gasteiger charge is 2.05. The molecule has 0 spiro atoms. The van der Waals surface area contributed by atoms with Gasteiger partial charge in [-0.1, -0.05) is 19.1 Å². The van der Waals surface area contributed by atoms with E-state index >= 15 is 0 Å². The van der Waals surface area contributed by atoms with E-state index in [0.717, 1.165) is 23.8 Å². The van der Waals surface area contributed by atoms with Crippen LogP contribution in [0, 0.1) is 0 Å². The topological polar surface area (TPSA) is 75.9 Å². The quantitative estimate of drug-likeness (QED) is 0.442. The summed E-state index contributed by atoms with van der Waals surface area (Å²) in [5.41, 5.74) is 3.59. The van der Waals surface area contributed by atoms with E-state index < -0.39 is 0 Å². The number of para-hydroxylation sites is 1. The lowest BCUT2D eigenvalue weighted by atomic mass is 10.3. The molecular formula is C13H17N5S. The van der Waals surface area contributed by atoms with E-state index in [4.69, 9.17) is 5.84 Å². The van der Waals surface area contributed by atoms with Crippen molar-refractivity contribution < 1.29 is 0 Å². The molecule has 6 heteroatoms. The van der Waals surface area contributed by atoms with Crippen LogP contribution in [0.15, 0.2) is 35.2 Å². The average Bonchev–Trinajstić information content (AvgIpc) is 2.47. The molecule has 0 bridgehead atoms. The zero-order valence-electron chi connectivity index (χ0n) is 11.0. The van der Waals surface area contributed by atoms with Crippen LogP contribution in [0.2, 0.25) is 0 Å². The van der Waals surface area contributed by atoms with E-state index in [2.05, 4.69) is 26.8 Å². The minimum atomic E-state index is 0.607. The molecule has 0 amide bonds. The SMILES string of the molecule is CCc1nc(NN)cc(Nc2ccccc2SC)n1. The van der Waals surface area contributed by atoms with Crippen molar-refractivity contribution in [1.82, 2.24) is 9.97 Å². The Hall–Kier alpha value is -1.79. The van der Waals surface area contributed by atoms with Gasteiger partial charge in [0.15, 0.2) is 0 Å². The van der Waals surface area contributed by atoms with Gasteiger partial charge in [-0.25, -0.2) is 15.8 Å². The second-order valence-corrected chi connectivity index (χ2v) is 4.73. The first-order valence-corrected chi connectivity index (χ1v) is 7.24. The van der Waals surface area contributed by atoms with Gasteiger partial charge in [-0.3, -0.25) is 0 Å². The third kappa shape index (κ3) is 3.36. The van der Waals surface area contributed by atoms with Gasteiger partial charge < -0.3 is 10.7 Å². The number of aromatic nitrogens is 2. The predicted octanol–water partition coefficient (Wildman–Crippen LogP) is 2.79. The van der Waals surface area contributed by atoms with E-state index in [1.54, 1.807) is 17.8 Å². The lowest BCUT2D eigenvalue weighted by molar-refractivity contribution is 0.941. The smallest absolute Gasteiger partial charge is 0.145 e. The lowest BCUT2D eigenvalue weighted by Crippen LogP contribution is -2.11. The number of nitrogen functional groups attached to an aromatic ring is 1. The number of hydrogen-bond acceptors (Lipinski definition) is 6. The molecule has 1 aromatic carbocycles. The Balaban J connectivity index is 2.32. The molecule has 100 valence electrons. The highest BCUT2D eigenvalue weighted by Crippen LogP contribution is 2.27. The van der Waals surface area contributed by atoms with Gasteiger partial charge in [-0.2, -0.15) is 0 Å². The third-order valence-corrected chi connectivity index (χ3v) is 3.40. The third-order valence-electron chi connectivity index (χ3n) is 2.61. The molecule has 0 saturated carbocycles. The Morgan fingerprint density at radius 3 is 2.63 bits per heavy atom. The molecule has 1 aromatic heterocycles. The van der Waals surface area contributed by atoms with Gasteiger partial charge in [0.05, 0.1) is 5.69 Å². The van der Waals surface area contributed by atoms with Crippen LogP contribution in [0.3, 0.4) is 0 Å². The standard InChI is InChI=1S/C13H17N5S/c1-3-11-16-12(8-13(17-11)18-14)15-9-6-4-5-7-10(9)19-2/h4-8H,3,14H2,1-2H3,(H2,15,16,17,18). The highest BCUT2D eigenvalue weighted by atomic mass is 32.2. The van der Waals surface area contributed by atoms with Crippen LogP contribution in [-0.2, 0) is 6.42 Å². The summed E-state index contributed by atoms with van der Waals surface area (Å²) < 4.78 is 0. The molecule has 19 heavy (non-hydrogen) atoms. The maximum Gasteiger partial charge on any atom is 0.145 e. The van der Waals surface area contributed by atoms with Gasteiger partial charge in [-0.15, -0.1) is 11.8 Å². The molecule has 0 fully saturated rings. The average molecular weight is 275 g/mol. The number of thioether (sulfide) groups is 1. The number of hydrogen-bond donors (Lipinski definition) is 3. The van der Waals surface area contributed by atoms with E-state index in [0.29, 0.717) is 5.82 Å². The first kappa shape index (κ1) is 13.6. The number of aryl methyl sites for hydroxylation is 1. The molecule has 2 aromatic rings. The molecule has 0 unspecified atom stereocenters. The van der Waals surface area contributed by atoms with Gasteiger partial charge >= 0.3 is 0 Å². The highest BCUT2D eigenvalue weighted by molar-refractivity contribution is 7.98. The van der Waals surface area contributed by atoms with Crippen molar-refractivity contribution in [2.24, 2.45) is 5.84 Å². The van der Waals surface area contributed by atoms with Crippen LogP contribution in [0.25, 0.3) is 0 Å². The van der Waals surface area contributed by atoms with E-state index in [1.165, 1.54) is 4.90 Å². The number of benzene rings is 1. The molecule has 0 saturated heterocycles. The second-order valence-electron chi connectivity index (χ2n) is 3.88. The molecule has 0 aliphatic heterocycles. The summed E-state index contributed by atoms with van der Waals surface area (Å²) in [5.74, 6) is 7.51. The van der Waals surface area contributed by atoms with Crippen molar-refractivity contribution in [3.05, 3.63) is 36.2 Å². The molecule has 1 heterocycles. The molecule has 0 atom stereocenters. The second kappa shape index (κ2) is 6.40. The number of hydrazine groups is 1. The van der Waals surface area contributed by atoms with E-state index in [9.17, 15) is 0 Å². The van der Waals surface area contributed by atoms with Gasteiger partial charge in [-0.05, 0) is 18.4 Å². The van der Waals surface area contributed by atoms with Crippen LogP contribution < -0.4 is 16.6 Å². The Kier molecular flexibility index (Phi) is 4.59. The number of nitrogens with one attached hydrogen (secondary N) is 2. The maximum absolute atomic E-state index is 5.42. The van der Waals surface area contributed by atoms with Gasteiger partial charge in [0, 0.05) is 17.4 Å². The molecule has 2 rings (SSSR count). The van der Waals surface area contributed by atoms with Crippen molar-refractivity contribution in [2.75, 3.05) is 17.0 Å². The zero-order valence-corrected chi connectivity index (χ0v) is 11.8. The molecular weight excluding hydrogens is 258 g/mol. The zero-order chi connectivity index (χ0) is 13.7. The van der Waals surface area contributed by atoms with Crippen LogP contribution in [-0.4, -0.2) is 16.2 Å². The number of rotatable bonds is 5. The fraction of sp³-hybridized carbons (Fsp3) is 0.231. The minimum absolute atomic E-state index is 0.607. The van der Waals surface area contributed by atoms with Crippen LogP contribution >= 0.6 is 11.8 Å². The van der Waals surface area contributed by atoms with Crippen LogP contribution in [0.4, 0.5) is 17.3 Å². The molecule has 5 nitrogen and oxygen atoms in total. The minimum Gasteiger partial charge on any atom is -0.339 e. The lowest BCUT2D eigenvalue weighted by Gasteiger charge is -2.11. The summed E-state index contributed by atoms with van der Waals surface area (Å²) in [4.78, 5) is 9.87. The monoisotopic (exact) mass is 275 g/mol. The first-order chi connectivity index (χ1) is 9.26. The summed E-state index contributed by atoms with van der Waals surface area (Å²) in [7, 11) is 0. The summed E-state index contributed by atoms with van der Waals surface area (Å²) in [5, 5.41) is 3.31. The van der Waals surface area contributed by atoms with Gasteiger partial charge in [0.1, 0.15) is 17.5 Å². The van der Waals surface area contributed by atoms with Crippen molar-refractivity contribution in [2.45, 2.75) is 18.2 Å². The summed E-state index contributed by atoms with van der Waals surface area (Å²) in [6, 6.07) is 9.88. The Morgan fingerprint density at radius 1 is 1.21 bits per heavy atom. The summed E-state index contributed by atoms with van der Waals surface area (Å²) in [6.45, 7) is 2.01. The van der Waals surface area contributed by atoms with Gasteiger partial charge in [0.2, 0.25) is 0 Å². The van der Waals surface area contributed by atoms with E-state index in [-0.39, 0.29) is 0 Å². The van der Waals surface area contributed by atoms with Crippen molar-refractivity contribution >= 4 is 29.1 Å². The van der Waals surface area contributed by atoms with Crippen LogP contribution in [0.5, 0.6) is 0 Å². The fourth-order valence-corrected chi connectivity index (χ4v) is 2.23. The molecule has 0 aliphatic rings. The largest absolute Gasteiger partial charge is 0.339 e. The number of nitrogens with zero attached hydrogens (tertiary/aromatic N) is 2. The Bertz CT molecular complexity index is 536. The Morgan fingerprint density at radius 2 is 1.95 bits per heavy atom.